The van der Waals surface area contributed by atoms with E-state index in [4.69, 9.17) is 32.4 Å². The summed E-state index contributed by atoms with van der Waals surface area (Å²) in [6.45, 7) is 15.5. The van der Waals surface area contributed by atoms with E-state index < -0.39 is 5.67 Å². The number of nitrogens with one attached hydrogen (secondary N) is 2. The van der Waals surface area contributed by atoms with Crippen LogP contribution in [0.1, 0.15) is 84.9 Å². The molecule has 4 aromatic carbocycles. The van der Waals surface area contributed by atoms with Crippen LogP contribution in [0.4, 0.5) is 10.1 Å². The van der Waals surface area contributed by atoms with E-state index in [1.54, 1.807) is 25.1 Å². The van der Waals surface area contributed by atoms with Gasteiger partial charge in [0, 0.05) is 62.4 Å². The lowest BCUT2D eigenvalue weighted by molar-refractivity contribution is -0.122. The van der Waals surface area contributed by atoms with E-state index in [9.17, 15) is 14.4 Å². The van der Waals surface area contributed by atoms with E-state index >= 15 is 0 Å². The Morgan fingerprint density at radius 2 is 1.84 bits per heavy atom. The lowest BCUT2D eigenvalue weighted by atomic mass is 9.93. The Labute approximate surface area is 339 Å². The highest BCUT2D eigenvalue weighted by Crippen LogP contribution is 2.44. The summed E-state index contributed by atoms with van der Waals surface area (Å²) in [6, 6.07) is 23.5. The van der Waals surface area contributed by atoms with Crippen LogP contribution < -0.4 is 24.8 Å². The predicted molar refractivity (Wildman–Crippen MR) is 220 cm³/mol. The number of carbonyl (C=O) groups excluding carboxylic acids is 1. The van der Waals surface area contributed by atoms with E-state index in [1.165, 1.54) is 5.56 Å². The number of likely N-dealkylation sites (tertiary alicyclic amines) is 1. The fourth-order valence-electron chi connectivity index (χ4n) is 8.07. The molecule has 2 saturated heterocycles. The summed E-state index contributed by atoms with van der Waals surface area (Å²) in [5.74, 6) is 2.01. The summed E-state index contributed by atoms with van der Waals surface area (Å²) in [4.78, 5) is 17.6. The van der Waals surface area contributed by atoms with E-state index in [0.717, 1.165) is 78.9 Å². The van der Waals surface area contributed by atoms with Gasteiger partial charge in [-0.2, -0.15) is 5.26 Å². The molecule has 11 heteroatoms. The Morgan fingerprint density at radius 3 is 2.61 bits per heavy atom. The van der Waals surface area contributed by atoms with Gasteiger partial charge < -0.3 is 29.7 Å². The van der Waals surface area contributed by atoms with Crippen LogP contribution in [0.2, 0.25) is 5.02 Å². The number of carbonyl (C=O) groups is 1. The highest BCUT2D eigenvalue weighted by atomic mass is 35.5. The summed E-state index contributed by atoms with van der Waals surface area (Å²) in [5, 5.41) is 16.4. The van der Waals surface area contributed by atoms with Crippen LogP contribution in [0.25, 0.3) is 16.0 Å². The highest BCUT2D eigenvalue weighted by Gasteiger charge is 2.30. The summed E-state index contributed by atoms with van der Waals surface area (Å²) in [5.41, 5.74) is 7.02. The second kappa shape index (κ2) is 18.0. The molecule has 1 amide bonds. The van der Waals surface area contributed by atoms with Crippen molar-refractivity contribution in [3.05, 3.63) is 117 Å². The smallest absolute Gasteiger partial charge is 0.220 e. The molecule has 2 fully saturated rings. The standard InChI is InChI=1S/C46H49ClFN5O4/c1-30-36(7-5-10-41(30)55-20-6-17-53-18-15-46(2,48)16-19-53)37-8-4-9-39-38(37)12-13-42(39)57-44-25-43(56-29-32-21-31(26-49)22-35(23-32)50-3)33(24-40(44)47)27-51-34-11-14-45(54)52-28-34/h4-5,7-10,21-25,34,42,51H,6,11-20,27-29H2,1-2H3,(H,52,54)/t34-,42-/m0/s1. The van der Waals surface area contributed by atoms with Gasteiger partial charge in [-0.05, 0) is 116 Å². The van der Waals surface area contributed by atoms with Gasteiger partial charge >= 0.3 is 0 Å². The Hall–Kier alpha value is -5.13. The van der Waals surface area contributed by atoms with Gasteiger partial charge in [0.2, 0.25) is 5.91 Å². The first kappa shape index (κ1) is 40.1. The molecule has 3 aliphatic rings. The van der Waals surface area contributed by atoms with Gasteiger partial charge in [0.1, 0.15) is 35.6 Å². The van der Waals surface area contributed by atoms with Crippen LogP contribution >= 0.6 is 11.6 Å². The Bertz CT molecular complexity index is 2140. The lowest BCUT2D eigenvalue weighted by Crippen LogP contribution is -2.45. The van der Waals surface area contributed by atoms with E-state index in [-0.39, 0.29) is 24.7 Å². The molecule has 7 rings (SSSR count). The second-order valence-electron chi connectivity index (χ2n) is 15.6. The number of alkyl halides is 1. The average molecular weight is 790 g/mol. The Balaban J connectivity index is 1.07. The van der Waals surface area contributed by atoms with Gasteiger partial charge in [-0.25, -0.2) is 9.24 Å². The number of nitriles is 1. The van der Waals surface area contributed by atoms with E-state index in [2.05, 4.69) is 57.6 Å². The maximum atomic E-state index is 14.2. The zero-order valence-corrected chi connectivity index (χ0v) is 33.4. The van der Waals surface area contributed by atoms with Crippen molar-refractivity contribution in [2.45, 2.75) is 89.8 Å². The van der Waals surface area contributed by atoms with Crippen molar-refractivity contribution >= 4 is 23.2 Å². The summed E-state index contributed by atoms with van der Waals surface area (Å²) in [6.07, 6.45) is 4.67. The normalized spacial score (nSPS) is 18.9. The first-order valence-corrected chi connectivity index (χ1v) is 20.3. The quantitative estimate of drug-likeness (QED) is 0.0971. The molecule has 9 nitrogen and oxygen atoms in total. The maximum Gasteiger partial charge on any atom is 0.220 e. The van der Waals surface area contributed by atoms with Crippen LogP contribution in [0, 0.1) is 24.8 Å². The predicted octanol–water partition coefficient (Wildman–Crippen LogP) is 9.34. The number of piperidine rings is 2. The minimum atomic E-state index is -1.04. The molecule has 2 aliphatic heterocycles. The number of nitrogens with zero attached hydrogens (tertiary/aromatic N) is 3. The first-order valence-electron chi connectivity index (χ1n) is 19.9. The topological polar surface area (TPSA) is 100 Å². The van der Waals surface area contributed by atoms with E-state index in [0.29, 0.717) is 72.3 Å². The molecular formula is C46H49ClFN5O4. The molecule has 296 valence electrons. The number of ether oxygens (including phenoxy) is 3. The van der Waals surface area contributed by atoms with Crippen molar-refractivity contribution < 1.29 is 23.4 Å². The lowest BCUT2D eigenvalue weighted by Gasteiger charge is -2.34. The van der Waals surface area contributed by atoms with Crippen LogP contribution in [-0.4, -0.2) is 55.3 Å². The van der Waals surface area contributed by atoms with Gasteiger partial charge in [-0.3, -0.25) is 4.79 Å². The van der Waals surface area contributed by atoms with Gasteiger partial charge in [0.15, 0.2) is 5.69 Å². The third-order valence-corrected chi connectivity index (χ3v) is 11.7. The number of halogens is 2. The molecular weight excluding hydrogens is 741 g/mol. The number of rotatable bonds is 14. The molecule has 57 heavy (non-hydrogen) atoms. The number of hydrogen-bond donors (Lipinski definition) is 2. The average Bonchev–Trinajstić information content (AvgIpc) is 3.63. The molecule has 0 aromatic heterocycles. The Kier molecular flexibility index (Phi) is 12.6. The number of hydrogen-bond acceptors (Lipinski definition) is 7. The second-order valence-corrected chi connectivity index (χ2v) is 16.0. The van der Waals surface area contributed by atoms with Crippen LogP contribution in [-0.2, 0) is 24.4 Å². The molecule has 2 atom stereocenters. The minimum Gasteiger partial charge on any atom is -0.493 e. The van der Waals surface area contributed by atoms with Crippen molar-refractivity contribution in [3.8, 4) is 34.4 Å². The molecule has 0 saturated carbocycles. The van der Waals surface area contributed by atoms with E-state index in [1.807, 2.05) is 24.3 Å². The molecule has 4 aromatic rings. The molecule has 0 radical (unpaired) electrons. The monoisotopic (exact) mass is 789 g/mol. The number of amides is 1. The highest BCUT2D eigenvalue weighted by molar-refractivity contribution is 6.32. The third kappa shape index (κ3) is 9.88. The zero-order chi connectivity index (χ0) is 39.9. The fraction of sp³-hybridized carbons (Fsp3) is 0.413. The maximum absolute atomic E-state index is 14.2. The fourth-order valence-corrected chi connectivity index (χ4v) is 8.30. The molecule has 0 spiro atoms. The third-order valence-electron chi connectivity index (χ3n) is 11.4. The first-order chi connectivity index (χ1) is 27.6. The Morgan fingerprint density at radius 1 is 1.04 bits per heavy atom. The molecule has 0 bridgehead atoms. The molecule has 2 N–H and O–H groups in total. The summed E-state index contributed by atoms with van der Waals surface area (Å²) < 4.78 is 33.6. The van der Waals surface area contributed by atoms with Crippen molar-refractivity contribution in [1.82, 2.24) is 15.5 Å². The van der Waals surface area contributed by atoms with Gasteiger partial charge in [-0.15, -0.1) is 0 Å². The van der Waals surface area contributed by atoms with Gasteiger partial charge in [0.25, 0.3) is 0 Å². The van der Waals surface area contributed by atoms with Crippen molar-refractivity contribution in [3.63, 3.8) is 0 Å². The van der Waals surface area contributed by atoms with Crippen molar-refractivity contribution in [2.24, 2.45) is 0 Å². The van der Waals surface area contributed by atoms with Crippen molar-refractivity contribution in [1.29, 1.82) is 5.26 Å². The summed E-state index contributed by atoms with van der Waals surface area (Å²) >= 11 is 6.95. The molecule has 0 unspecified atom stereocenters. The zero-order valence-electron chi connectivity index (χ0n) is 32.6. The summed E-state index contributed by atoms with van der Waals surface area (Å²) in [7, 11) is 0. The van der Waals surface area contributed by atoms with Gasteiger partial charge in [-0.1, -0.05) is 41.9 Å². The molecule has 2 heterocycles. The largest absolute Gasteiger partial charge is 0.493 e. The van der Waals surface area contributed by atoms with Crippen LogP contribution in [0.5, 0.6) is 17.2 Å². The van der Waals surface area contributed by atoms with Crippen LogP contribution in [0.15, 0.2) is 66.7 Å². The number of benzene rings is 4. The number of fused-ring (bicyclic) bond motifs is 1. The van der Waals surface area contributed by atoms with Crippen LogP contribution in [0.3, 0.4) is 0 Å². The molecule has 1 aliphatic carbocycles. The SMILES string of the molecule is [C-]#[N+]c1cc(C#N)cc(COc2cc(O[C@H]3CCc4c(-c5cccc(OCCCN6CCC(C)(F)CC6)c5C)cccc43)c(Cl)cc2CN[C@H]2CCC(=O)NC2)c1. The van der Waals surface area contributed by atoms with Gasteiger partial charge in [0.05, 0.1) is 24.3 Å². The van der Waals surface area contributed by atoms with Crippen molar-refractivity contribution in [2.75, 3.05) is 32.8 Å². The minimum absolute atomic E-state index is 0.0580.